The van der Waals surface area contributed by atoms with Gasteiger partial charge < -0.3 is 15.3 Å². The van der Waals surface area contributed by atoms with Crippen molar-refractivity contribution in [1.29, 1.82) is 0 Å². The van der Waals surface area contributed by atoms with E-state index in [1.165, 1.54) is 23.0 Å². The molecule has 1 aliphatic heterocycles. The molecule has 2 fully saturated rings. The van der Waals surface area contributed by atoms with Crippen molar-refractivity contribution in [1.82, 2.24) is 19.8 Å². The fourth-order valence-electron chi connectivity index (χ4n) is 5.81. The van der Waals surface area contributed by atoms with E-state index in [1.807, 2.05) is 30.3 Å². The summed E-state index contributed by atoms with van der Waals surface area (Å²) in [7, 11) is 0. The molecule has 37 heavy (non-hydrogen) atoms. The Kier molecular flexibility index (Phi) is 6.81. The first-order valence-electron chi connectivity index (χ1n) is 12.6. The van der Waals surface area contributed by atoms with Crippen LogP contribution < -0.4 is 10.9 Å². The molecule has 194 valence electrons. The first-order valence-corrected chi connectivity index (χ1v) is 12.6. The number of halogens is 2. The van der Waals surface area contributed by atoms with Gasteiger partial charge in [-0.2, -0.15) is 0 Å². The Morgan fingerprint density at radius 3 is 2.51 bits per heavy atom. The van der Waals surface area contributed by atoms with Crippen molar-refractivity contribution in [2.24, 2.45) is 5.41 Å². The molecule has 1 spiro atoms. The van der Waals surface area contributed by atoms with Gasteiger partial charge in [0.2, 0.25) is 0 Å². The van der Waals surface area contributed by atoms with Crippen molar-refractivity contribution in [2.75, 3.05) is 13.1 Å². The lowest BCUT2D eigenvalue weighted by molar-refractivity contribution is -0.135. The van der Waals surface area contributed by atoms with E-state index >= 15 is 0 Å². The van der Waals surface area contributed by atoms with Gasteiger partial charge in [0.25, 0.3) is 5.56 Å². The third-order valence-corrected chi connectivity index (χ3v) is 7.95. The number of hydrogen-bond donors (Lipinski definition) is 2. The summed E-state index contributed by atoms with van der Waals surface area (Å²) in [6, 6.07) is 13.8. The van der Waals surface area contributed by atoms with Gasteiger partial charge in [0.1, 0.15) is 11.6 Å². The third-order valence-electron chi connectivity index (χ3n) is 7.95. The predicted octanol–water partition coefficient (Wildman–Crippen LogP) is 4.10. The number of nitrogens with one attached hydrogen (secondary N) is 1. The van der Waals surface area contributed by atoms with Gasteiger partial charge in [-0.15, -0.1) is 0 Å². The van der Waals surface area contributed by atoms with Gasteiger partial charge >= 0.3 is 6.03 Å². The molecule has 2 aliphatic rings. The maximum absolute atomic E-state index is 14.0. The molecule has 0 bridgehead atoms. The van der Waals surface area contributed by atoms with Crippen molar-refractivity contribution >= 4 is 6.03 Å². The number of aromatic nitrogens is 2. The molecule has 3 aromatic rings. The molecule has 1 saturated carbocycles. The zero-order valence-corrected chi connectivity index (χ0v) is 20.5. The first-order chi connectivity index (χ1) is 17.8. The number of carbonyl (C=O) groups is 1. The molecule has 0 unspecified atom stereocenters. The Balaban J connectivity index is 1.30. The van der Waals surface area contributed by atoms with Gasteiger partial charge in [0.15, 0.2) is 0 Å². The van der Waals surface area contributed by atoms with E-state index in [1.54, 1.807) is 4.90 Å². The highest BCUT2D eigenvalue weighted by Crippen LogP contribution is 2.51. The summed E-state index contributed by atoms with van der Waals surface area (Å²) >= 11 is 0. The van der Waals surface area contributed by atoms with Crippen LogP contribution >= 0.6 is 0 Å². The summed E-state index contributed by atoms with van der Waals surface area (Å²) in [5.74, 6) is -1.38. The summed E-state index contributed by atoms with van der Waals surface area (Å²) in [5.41, 5.74) is -0.350. The summed E-state index contributed by atoms with van der Waals surface area (Å²) in [6.45, 7) is 0.670. The van der Waals surface area contributed by atoms with Crippen molar-refractivity contribution < 1.29 is 18.7 Å². The highest BCUT2D eigenvalue weighted by molar-refractivity contribution is 5.74. The molecular weight excluding hydrogens is 478 g/mol. The molecule has 2 aromatic carbocycles. The lowest BCUT2D eigenvalue weighted by atomic mass is 9.66. The van der Waals surface area contributed by atoms with Crippen LogP contribution in [0, 0.1) is 17.0 Å². The summed E-state index contributed by atoms with van der Waals surface area (Å²) in [4.78, 5) is 32.0. The molecule has 2 heterocycles. The zero-order valence-electron chi connectivity index (χ0n) is 20.5. The normalized spacial score (nSPS) is 20.8. The van der Waals surface area contributed by atoms with Gasteiger partial charge in [0, 0.05) is 48.3 Å². The second kappa shape index (κ2) is 10.0. The highest BCUT2D eigenvalue weighted by atomic mass is 19.1. The minimum atomic E-state index is -1.18. The average molecular weight is 509 g/mol. The number of rotatable bonds is 5. The maximum atomic E-state index is 14.0. The summed E-state index contributed by atoms with van der Waals surface area (Å²) < 4.78 is 28.6. The van der Waals surface area contributed by atoms with Crippen LogP contribution in [0.5, 0.6) is 0 Å². The molecule has 5 rings (SSSR count). The fourth-order valence-corrected chi connectivity index (χ4v) is 5.81. The molecule has 2 N–H and O–H groups in total. The highest BCUT2D eigenvalue weighted by Gasteiger charge is 2.55. The van der Waals surface area contributed by atoms with Crippen molar-refractivity contribution in [2.45, 2.75) is 50.8 Å². The SMILES string of the molecule is O=C(NCc1ccc(F)cc1F)N1CC[C@@](O)(Cn2cnc(-c3ccccc3)cc2=O)C2(CCCC2)C1. The Labute approximate surface area is 213 Å². The van der Waals surface area contributed by atoms with Gasteiger partial charge in [-0.25, -0.2) is 18.6 Å². The molecule has 1 aliphatic carbocycles. The summed E-state index contributed by atoms with van der Waals surface area (Å²) in [5, 5.41) is 14.6. The summed E-state index contributed by atoms with van der Waals surface area (Å²) in [6.07, 6.45) is 5.13. The second-order valence-corrected chi connectivity index (χ2v) is 10.2. The van der Waals surface area contributed by atoms with E-state index in [0.29, 0.717) is 25.2 Å². The number of amides is 2. The number of urea groups is 1. The first kappa shape index (κ1) is 25.1. The van der Waals surface area contributed by atoms with Crippen LogP contribution in [-0.4, -0.2) is 44.3 Å². The van der Waals surface area contributed by atoms with Crippen LogP contribution in [0.4, 0.5) is 13.6 Å². The number of benzene rings is 2. The standard InChI is InChI=1S/C28H30F2N4O3/c29-22-9-8-21(23(30)14-22)16-31-26(36)33-13-12-28(37,27(17-33)10-4-5-11-27)18-34-19-32-24(15-25(34)35)20-6-2-1-3-7-20/h1-3,6-9,14-15,19,37H,4-5,10-13,16-18H2,(H,31,36)/t28-/m1/s1. The van der Waals surface area contributed by atoms with Crippen molar-refractivity contribution in [3.8, 4) is 11.3 Å². The van der Waals surface area contributed by atoms with E-state index in [2.05, 4.69) is 10.3 Å². The number of likely N-dealkylation sites (tertiary alicyclic amines) is 1. The molecule has 2 amide bonds. The molecule has 7 nitrogen and oxygen atoms in total. The smallest absolute Gasteiger partial charge is 0.317 e. The Morgan fingerprint density at radius 2 is 1.81 bits per heavy atom. The van der Waals surface area contributed by atoms with E-state index in [4.69, 9.17) is 0 Å². The Hall–Kier alpha value is -3.59. The van der Waals surface area contributed by atoms with Gasteiger partial charge in [0.05, 0.1) is 24.2 Å². The van der Waals surface area contributed by atoms with E-state index < -0.39 is 22.7 Å². The zero-order chi connectivity index (χ0) is 26.0. The Bertz CT molecular complexity index is 1340. The van der Waals surface area contributed by atoms with E-state index in [0.717, 1.165) is 43.4 Å². The molecular formula is C28H30F2N4O3. The molecule has 1 atom stereocenters. The quantitative estimate of drug-likeness (QED) is 0.544. The molecule has 0 radical (unpaired) electrons. The van der Waals surface area contributed by atoms with E-state index in [9.17, 15) is 23.5 Å². The minimum Gasteiger partial charge on any atom is -0.387 e. The number of nitrogens with zero attached hydrogens (tertiary/aromatic N) is 3. The monoisotopic (exact) mass is 508 g/mol. The van der Waals surface area contributed by atoms with Crippen LogP contribution in [0.25, 0.3) is 11.3 Å². The number of aliphatic hydroxyl groups is 1. The Morgan fingerprint density at radius 1 is 1.05 bits per heavy atom. The van der Waals surface area contributed by atoms with Gasteiger partial charge in [-0.3, -0.25) is 9.36 Å². The van der Waals surface area contributed by atoms with Crippen LogP contribution in [0.2, 0.25) is 0 Å². The lowest BCUT2D eigenvalue weighted by Crippen LogP contribution is -2.63. The molecule has 1 saturated heterocycles. The second-order valence-electron chi connectivity index (χ2n) is 10.2. The topological polar surface area (TPSA) is 87.5 Å². The molecule has 9 heteroatoms. The molecule has 1 aromatic heterocycles. The average Bonchev–Trinajstić information content (AvgIpc) is 3.37. The predicted molar refractivity (Wildman–Crippen MR) is 135 cm³/mol. The van der Waals surface area contributed by atoms with Crippen molar-refractivity contribution in [3.63, 3.8) is 0 Å². The number of hydrogen-bond acceptors (Lipinski definition) is 4. The largest absolute Gasteiger partial charge is 0.387 e. The van der Waals surface area contributed by atoms with E-state index in [-0.39, 0.29) is 30.2 Å². The lowest BCUT2D eigenvalue weighted by Gasteiger charge is -2.52. The van der Waals surface area contributed by atoms with Crippen LogP contribution in [0.3, 0.4) is 0 Å². The van der Waals surface area contributed by atoms with Gasteiger partial charge in [-0.1, -0.05) is 49.2 Å². The van der Waals surface area contributed by atoms with Crippen LogP contribution in [0.1, 0.15) is 37.7 Å². The van der Waals surface area contributed by atoms with Gasteiger partial charge in [-0.05, 0) is 25.3 Å². The number of piperidine rings is 1. The fraction of sp³-hybridized carbons (Fsp3) is 0.393. The number of carbonyl (C=O) groups excluding carboxylic acids is 1. The maximum Gasteiger partial charge on any atom is 0.317 e. The van der Waals surface area contributed by atoms with Crippen molar-refractivity contribution in [3.05, 3.63) is 88.5 Å². The minimum absolute atomic E-state index is 0.0620. The third kappa shape index (κ3) is 5.00. The van der Waals surface area contributed by atoms with Crippen LogP contribution in [0.15, 0.2) is 65.7 Å². The van der Waals surface area contributed by atoms with Crippen LogP contribution in [-0.2, 0) is 13.1 Å².